The molecule has 0 radical (unpaired) electrons. The second-order valence-electron chi connectivity index (χ2n) is 8.86. The monoisotopic (exact) mass is 458 g/mol. The van der Waals surface area contributed by atoms with Gasteiger partial charge in [0.2, 0.25) is 0 Å². The van der Waals surface area contributed by atoms with E-state index in [9.17, 15) is 14.4 Å². The van der Waals surface area contributed by atoms with Crippen LogP contribution in [-0.4, -0.2) is 38.2 Å². The number of benzene rings is 1. The summed E-state index contributed by atoms with van der Waals surface area (Å²) in [6, 6.07) is 7.12. The summed E-state index contributed by atoms with van der Waals surface area (Å²) in [5.41, 5.74) is 0. The van der Waals surface area contributed by atoms with Crippen LogP contribution in [-0.2, 0) is 23.9 Å². The van der Waals surface area contributed by atoms with Crippen molar-refractivity contribution < 1.29 is 33.3 Å². The minimum atomic E-state index is -0.519. The van der Waals surface area contributed by atoms with Crippen LogP contribution >= 0.6 is 0 Å². The third-order valence-electron chi connectivity index (χ3n) is 6.88. The van der Waals surface area contributed by atoms with Crippen molar-refractivity contribution in [2.24, 2.45) is 23.7 Å². The molecule has 0 heterocycles. The molecular weight excluding hydrogens is 424 g/mol. The number of methoxy groups -OCH3 is 1. The fourth-order valence-electron chi connectivity index (χ4n) is 4.98. The highest BCUT2D eigenvalue weighted by molar-refractivity contribution is 5.81. The maximum atomic E-state index is 12.6. The van der Waals surface area contributed by atoms with Gasteiger partial charge in [0.15, 0.2) is 0 Å². The molecule has 33 heavy (non-hydrogen) atoms. The van der Waals surface area contributed by atoms with E-state index in [1.54, 1.807) is 19.2 Å². The number of ether oxygens (including phenoxy) is 4. The van der Waals surface area contributed by atoms with Crippen LogP contribution in [0, 0.1) is 23.7 Å². The predicted octanol–water partition coefficient (Wildman–Crippen LogP) is 4.49. The Hall–Kier alpha value is -2.83. The molecule has 0 aliphatic heterocycles. The van der Waals surface area contributed by atoms with Crippen LogP contribution in [0.3, 0.4) is 0 Å². The highest BCUT2D eigenvalue weighted by Crippen LogP contribution is 2.42. The Labute approximate surface area is 195 Å². The van der Waals surface area contributed by atoms with Crippen molar-refractivity contribution in [1.82, 2.24) is 0 Å². The van der Waals surface area contributed by atoms with Crippen molar-refractivity contribution in [3.05, 3.63) is 36.9 Å². The van der Waals surface area contributed by atoms with E-state index in [2.05, 4.69) is 6.58 Å². The maximum Gasteiger partial charge on any atom is 0.330 e. The van der Waals surface area contributed by atoms with E-state index in [1.165, 1.54) is 0 Å². The van der Waals surface area contributed by atoms with Crippen LogP contribution in [0.4, 0.5) is 0 Å². The van der Waals surface area contributed by atoms with Gasteiger partial charge in [-0.1, -0.05) is 12.6 Å². The van der Waals surface area contributed by atoms with Crippen LogP contribution in [0.5, 0.6) is 11.5 Å². The highest BCUT2D eigenvalue weighted by atomic mass is 16.6. The average Bonchev–Trinajstić information content (AvgIpc) is 2.86. The van der Waals surface area contributed by atoms with Crippen LogP contribution < -0.4 is 9.47 Å². The Kier molecular flexibility index (Phi) is 9.34. The first-order valence-corrected chi connectivity index (χ1v) is 11.8. The van der Waals surface area contributed by atoms with Crippen molar-refractivity contribution in [3.63, 3.8) is 0 Å². The number of rotatable bonds is 9. The van der Waals surface area contributed by atoms with Crippen molar-refractivity contribution in [2.75, 3.05) is 20.3 Å². The quantitative estimate of drug-likeness (QED) is 0.233. The van der Waals surface area contributed by atoms with Gasteiger partial charge in [-0.3, -0.25) is 9.59 Å². The van der Waals surface area contributed by atoms with Crippen molar-refractivity contribution >= 4 is 17.9 Å². The number of carbonyl (C=O) groups excluding carboxylic acids is 3. The van der Waals surface area contributed by atoms with E-state index in [0.29, 0.717) is 23.3 Å². The van der Waals surface area contributed by atoms with Crippen LogP contribution in [0.2, 0.25) is 0 Å². The second kappa shape index (κ2) is 12.4. The van der Waals surface area contributed by atoms with E-state index in [1.807, 2.05) is 12.1 Å². The standard InChI is InChI=1S/C26H34O7/c1-3-24(27)31-15-16-32-25(28)20-11-7-18(8-12-20)19-9-13-21(14-10-19)26(29)33-23-6-4-5-22(17-23)30-2/h3-6,17-21H,1,7-16H2,2H3. The summed E-state index contributed by atoms with van der Waals surface area (Å²) in [7, 11) is 1.59. The summed E-state index contributed by atoms with van der Waals surface area (Å²) < 4.78 is 20.8. The lowest BCUT2D eigenvalue weighted by Gasteiger charge is -2.36. The Morgan fingerprint density at radius 3 is 1.97 bits per heavy atom. The van der Waals surface area contributed by atoms with Gasteiger partial charge in [0, 0.05) is 12.1 Å². The molecule has 0 saturated heterocycles. The van der Waals surface area contributed by atoms with E-state index in [4.69, 9.17) is 18.9 Å². The zero-order valence-corrected chi connectivity index (χ0v) is 19.3. The number of hydrogen-bond donors (Lipinski definition) is 0. The summed E-state index contributed by atoms with van der Waals surface area (Å²) in [6.07, 6.45) is 8.49. The summed E-state index contributed by atoms with van der Waals surface area (Å²) in [4.78, 5) is 35.8. The summed E-state index contributed by atoms with van der Waals surface area (Å²) in [5.74, 6) is 1.36. The van der Waals surface area contributed by atoms with Gasteiger partial charge in [-0.25, -0.2) is 4.79 Å². The molecule has 0 bridgehead atoms. The average molecular weight is 459 g/mol. The normalized spacial score (nSPS) is 24.9. The van der Waals surface area contributed by atoms with Gasteiger partial charge in [-0.2, -0.15) is 0 Å². The minimum Gasteiger partial charge on any atom is -0.497 e. The molecule has 3 rings (SSSR count). The molecular formula is C26H34O7. The van der Waals surface area contributed by atoms with Gasteiger partial charge in [0.25, 0.3) is 0 Å². The molecule has 7 heteroatoms. The minimum absolute atomic E-state index is 0.0510. The maximum absolute atomic E-state index is 12.6. The lowest BCUT2D eigenvalue weighted by atomic mass is 9.69. The van der Waals surface area contributed by atoms with Crippen molar-refractivity contribution in [3.8, 4) is 11.5 Å². The van der Waals surface area contributed by atoms with Gasteiger partial charge >= 0.3 is 17.9 Å². The number of carbonyl (C=O) groups is 3. The molecule has 2 aliphatic rings. The molecule has 0 unspecified atom stereocenters. The molecule has 7 nitrogen and oxygen atoms in total. The first kappa shape index (κ1) is 24.8. The van der Waals surface area contributed by atoms with E-state index >= 15 is 0 Å². The molecule has 0 aromatic heterocycles. The zero-order chi connectivity index (χ0) is 23.6. The fraction of sp³-hybridized carbons (Fsp3) is 0.577. The SMILES string of the molecule is C=CC(=O)OCCOC(=O)C1CCC(C2CCC(C(=O)Oc3cccc(OC)c3)CC2)CC1. The van der Waals surface area contributed by atoms with Crippen LogP contribution in [0.1, 0.15) is 51.4 Å². The lowest BCUT2D eigenvalue weighted by Crippen LogP contribution is -2.31. The van der Waals surface area contributed by atoms with E-state index in [0.717, 1.165) is 57.4 Å². The number of hydrogen-bond acceptors (Lipinski definition) is 7. The highest BCUT2D eigenvalue weighted by Gasteiger charge is 2.35. The van der Waals surface area contributed by atoms with Crippen LogP contribution in [0.25, 0.3) is 0 Å². The molecule has 0 spiro atoms. The molecule has 0 amide bonds. The Morgan fingerprint density at radius 1 is 0.848 bits per heavy atom. The van der Waals surface area contributed by atoms with Gasteiger partial charge in [-0.05, 0) is 75.3 Å². The van der Waals surface area contributed by atoms with Crippen LogP contribution in [0.15, 0.2) is 36.9 Å². The Morgan fingerprint density at radius 2 is 1.39 bits per heavy atom. The second-order valence-corrected chi connectivity index (χ2v) is 8.86. The van der Waals surface area contributed by atoms with Gasteiger partial charge < -0.3 is 18.9 Å². The van der Waals surface area contributed by atoms with Gasteiger partial charge in [0.05, 0.1) is 18.9 Å². The lowest BCUT2D eigenvalue weighted by molar-refractivity contribution is -0.154. The first-order chi connectivity index (χ1) is 16.0. The number of esters is 3. The van der Waals surface area contributed by atoms with Gasteiger partial charge in [0.1, 0.15) is 24.7 Å². The molecule has 0 N–H and O–H groups in total. The smallest absolute Gasteiger partial charge is 0.330 e. The zero-order valence-electron chi connectivity index (χ0n) is 19.3. The topological polar surface area (TPSA) is 88.1 Å². The molecule has 1 aromatic rings. The van der Waals surface area contributed by atoms with Crippen molar-refractivity contribution in [1.29, 1.82) is 0 Å². The molecule has 180 valence electrons. The third kappa shape index (κ3) is 7.34. The third-order valence-corrected chi connectivity index (χ3v) is 6.88. The summed E-state index contributed by atoms with van der Waals surface area (Å²) in [5, 5.41) is 0. The van der Waals surface area contributed by atoms with Crippen molar-refractivity contribution in [2.45, 2.75) is 51.4 Å². The molecule has 2 saturated carbocycles. The largest absolute Gasteiger partial charge is 0.497 e. The first-order valence-electron chi connectivity index (χ1n) is 11.8. The molecule has 2 fully saturated rings. The Balaban J connectivity index is 1.35. The molecule has 1 aromatic carbocycles. The molecule has 2 aliphatic carbocycles. The summed E-state index contributed by atoms with van der Waals surface area (Å²) in [6.45, 7) is 3.45. The predicted molar refractivity (Wildman–Crippen MR) is 122 cm³/mol. The van der Waals surface area contributed by atoms with E-state index in [-0.39, 0.29) is 37.0 Å². The molecule has 0 atom stereocenters. The fourth-order valence-corrected chi connectivity index (χ4v) is 4.98. The van der Waals surface area contributed by atoms with Gasteiger partial charge in [-0.15, -0.1) is 0 Å². The summed E-state index contributed by atoms with van der Waals surface area (Å²) >= 11 is 0. The Bertz CT molecular complexity index is 818. The van der Waals surface area contributed by atoms with E-state index < -0.39 is 5.97 Å².